The van der Waals surface area contributed by atoms with Crippen LogP contribution in [0.4, 0.5) is 0 Å². The van der Waals surface area contributed by atoms with E-state index in [1.807, 2.05) is 65.2 Å². The number of hydrogen-bond acceptors (Lipinski definition) is 4. The van der Waals surface area contributed by atoms with Gasteiger partial charge in [0.1, 0.15) is 0 Å². The quantitative estimate of drug-likeness (QED) is 0.404. The van der Waals surface area contributed by atoms with Crippen molar-refractivity contribution in [2.75, 3.05) is 0 Å². The fourth-order valence-corrected chi connectivity index (χ4v) is 3.96. The summed E-state index contributed by atoms with van der Waals surface area (Å²) in [5.41, 5.74) is 3.10. The third kappa shape index (κ3) is 4.46. The molecule has 0 aliphatic rings. The van der Waals surface area contributed by atoms with E-state index in [9.17, 15) is 9.59 Å². The Morgan fingerprint density at radius 3 is 2.44 bits per heavy atom. The Kier molecular flexibility index (Phi) is 5.93. The highest BCUT2D eigenvalue weighted by Crippen LogP contribution is 2.21. The number of rotatable bonds is 6. The maximum absolute atomic E-state index is 13.1. The second-order valence-electron chi connectivity index (χ2n) is 7.82. The predicted octanol–water partition coefficient (Wildman–Crippen LogP) is 4.21. The average Bonchev–Trinajstić information content (AvgIpc) is 3.33. The summed E-state index contributed by atoms with van der Waals surface area (Å²) in [6.45, 7) is 0.560. The molecule has 34 heavy (non-hydrogen) atoms. The first kappa shape index (κ1) is 21.6. The van der Waals surface area contributed by atoms with E-state index in [-0.39, 0.29) is 17.7 Å². The zero-order chi connectivity index (χ0) is 23.5. The van der Waals surface area contributed by atoms with Crippen molar-refractivity contribution in [3.05, 3.63) is 123 Å². The van der Waals surface area contributed by atoms with Gasteiger partial charge < -0.3 is 9.88 Å². The number of hydrogen-bond donors (Lipinski definition) is 1. The molecule has 7 nitrogen and oxygen atoms in total. The Hall–Kier alpha value is -4.23. The van der Waals surface area contributed by atoms with Crippen LogP contribution in [-0.2, 0) is 13.1 Å². The first-order valence-corrected chi connectivity index (χ1v) is 11.1. The molecule has 8 heteroatoms. The number of carbonyl (C=O) groups is 1. The fraction of sp³-hybridized carbons (Fsp3) is 0.0769. The molecule has 0 aliphatic heterocycles. The van der Waals surface area contributed by atoms with Crippen LogP contribution >= 0.6 is 11.6 Å². The number of carbonyl (C=O) groups excluding carboxylic acids is 1. The molecule has 0 aliphatic carbocycles. The first-order valence-electron chi connectivity index (χ1n) is 10.7. The molecule has 168 valence electrons. The normalized spacial score (nSPS) is 11.0. The van der Waals surface area contributed by atoms with Crippen molar-refractivity contribution in [3.63, 3.8) is 0 Å². The van der Waals surface area contributed by atoms with Gasteiger partial charge >= 0.3 is 0 Å². The van der Waals surface area contributed by atoms with Crippen molar-refractivity contribution in [3.8, 4) is 5.69 Å². The van der Waals surface area contributed by atoms with Crippen molar-refractivity contribution in [2.24, 2.45) is 0 Å². The van der Waals surface area contributed by atoms with E-state index in [4.69, 9.17) is 11.6 Å². The molecule has 1 N–H and O–H groups in total. The standard InChI is InChI=1S/C26H20ClN5O2/c27-20-11-12-22-24(13-20)32(21-9-5-2-6-10-21)16-19(25(22)33)14-28-26(34)23-17-31(30-29-23)15-18-7-3-1-4-8-18/h1-13,16-17H,14-15H2,(H,28,34). The predicted molar refractivity (Wildman–Crippen MR) is 131 cm³/mol. The van der Waals surface area contributed by atoms with Crippen molar-refractivity contribution in [1.82, 2.24) is 24.9 Å². The number of nitrogens with one attached hydrogen (secondary N) is 1. The van der Waals surface area contributed by atoms with Crippen molar-refractivity contribution in [1.29, 1.82) is 0 Å². The van der Waals surface area contributed by atoms with Crippen LogP contribution in [0, 0.1) is 0 Å². The van der Waals surface area contributed by atoms with Crippen molar-refractivity contribution >= 4 is 28.4 Å². The molecule has 0 fully saturated rings. The van der Waals surface area contributed by atoms with Gasteiger partial charge in [0.05, 0.1) is 18.3 Å². The first-order chi connectivity index (χ1) is 16.6. The van der Waals surface area contributed by atoms with E-state index in [0.29, 0.717) is 28.0 Å². The summed E-state index contributed by atoms with van der Waals surface area (Å²) < 4.78 is 3.51. The lowest BCUT2D eigenvalue weighted by atomic mass is 10.1. The summed E-state index contributed by atoms with van der Waals surface area (Å²) in [7, 11) is 0. The second-order valence-corrected chi connectivity index (χ2v) is 8.26. The van der Waals surface area contributed by atoms with Crippen LogP contribution in [0.5, 0.6) is 0 Å². The number of benzene rings is 3. The van der Waals surface area contributed by atoms with Gasteiger partial charge in [-0.05, 0) is 35.9 Å². The highest BCUT2D eigenvalue weighted by Gasteiger charge is 2.15. The summed E-state index contributed by atoms with van der Waals surface area (Å²) >= 11 is 6.21. The molecule has 0 unspecified atom stereocenters. The highest BCUT2D eigenvalue weighted by atomic mass is 35.5. The van der Waals surface area contributed by atoms with Gasteiger partial charge in [-0.1, -0.05) is 65.3 Å². The number of aromatic nitrogens is 4. The number of pyridine rings is 1. The number of para-hydroxylation sites is 1. The van der Waals surface area contributed by atoms with Crippen molar-refractivity contribution in [2.45, 2.75) is 13.1 Å². The molecule has 0 saturated carbocycles. The van der Waals surface area contributed by atoms with Gasteiger partial charge in [-0.15, -0.1) is 5.10 Å². The lowest BCUT2D eigenvalue weighted by molar-refractivity contribution is 0.0945. The number of amides is 1. The molecule has 0 bridgehead atoms. The fourth-order valence-electron chi connectivity index (χ4n) is 3.80. The number of nitrogens with zero attached hydrogens (tertiary/aromatic N) is 4. The molecule has 3 aromatic carbocycles. The van der Waals surface area contributed by atoms with E-state index in [2.05, 4.69) is 15.6 Å². The molecular formula is C26H20ClN5O2. The van der Waals surface area contributed by atoms with Crippen LogP contribution in [0.1, 0.15) is 21.6 Å². The molecule has 5 aromatic rings. The van der Waals surface area contributed by atoms with E-state index in [0.717, 1.165) is 11.3 Å². The van der Waals surface area contributed by atoms with Crippen LogP contribution in [0.25, 0.3) is 16.6 Å². The maximum Gasteiger partial charge on any atom is 0.273 e. The summed E-state index contributed by atoms with van der Waals surface area (Å²) in [5.74, 6) is -0.402. The molecular weight excluding hydrogens is 450 g/mol. The van der Waals surface area contributed by atoms with E-state index < -0.39 is 5.91 Å². The minimum atomic E-state index is -0.402. The SMILES string of the molecule is O=C(NCc1cn(-c2ccccc2)c2cc(Cl)ccc2c1=O)c1cn(Cc2ccccc2)nn1. The smallest absolute Gasteiger partial charge is 0.273 e. The van der Waals surface area contributed by atoms with Gasteiger partial charge in [0, 0.05) is 34.4 Å². The zero-order valence-corrected chi connectivity index (χ0v) is 18.8. The Morgan fingerprint density at radius 2 is 1.68 bits per heavy atom. The van der Waals surface area contributed by atoms with Gasteiger partial charge in [-0.25, -0.2) is 4.68 Å². The molecule has 5 rings (SSSR count). The van der Waals surface area contributed by atoms with Crippen LogP contribution in [0.2, 0.25) is 5.02 Å². The van der Waals surface area contributed by atoms with Crippen LogP contribution in [-0.4, -0.2) is 25.5 Å². The third-order valence-electron chi connectivity index (χ3n) is 5.47. The summed E-state index contributed by atoms with van der Waals surface area (Å²) in [5, 5.41) is 11.9. The Morgan fingerprint density at radius 1 is 0.941 bits per heavy atom. The van der Waals surface area contributed by atoms with Crippen LogP contribution in [0.15, 0.2) is 96.1 Å². The minimum Gasteiger partial charge on any atom is -0.346 e. The van der Waals surface area contributed by atoms with E-state index in [1.54, 1.807) is 35.3 Å². The third-order valence-corrected chi connectivity index (χ3v) is 5.71. The van der Waals surface area contributed by atoms with Crippen LogP contribution < -0.4 is 10.7 Å². The molecule has 2 heterocycles. The van der Waals surface area contributed by atoms with Gasteiger partial charge in [0.15, 0.2) is 11.1 Å². The molecule has 0 saturated heterocycles. The van der Waals surface area contributed by atoms with Gasteiger partial charge in [-0.3, -0.25) is 9.59 Å². The van der Waals surface area contributed by atoms with Gasteiger partial charge in [0.2, 0.25) is 0 Å². The molecule has 0 radical (unpaired) electrons. The maximum atomic E-state index is 13.1. The number of halogens is 1. The molecule has 0 atom stereocenters. The monoisotopic (exact) mass is 469 g/mol. The molecule has 2 aromatic heterocycles. The highest BCUT2D eigenvalue weighted by molar-refractivity contribution is 6.31. The lowest BCUT2D eigenvalue weighted by Gasteiger charge is -2.14. The van der Waals surface area contributed by atoms with Crippen molar-refractivity contribution < 1.29 is 4.79 Å². The lowest BCUT2D eigenvalue weighted by Crippen LogP contribution is -2.27. The average molecular weight is 470 g/mol. The summed E-state index contributed by atoms with van der Waals surface area (Å²) in [6, 6.07) is 24.6. The Labute approximate surface area is 200 Å². The van der Waals surface area contributed by atoms with E-state index in [1.165, 1.54) is 0 Å². The number of fused-ring (bicyclic) bond motifs is 1. The molecule has 1 amide bonds. The largest absolute Gasteiger partial charge is 0.346 e. The molecule has 0 spiro atoms. The topological polar surface area (TPSA) is 81.8 Å². The van der Waals surface area contributed by atoms with Gasteiger partial charge in [-0.2, -0.15) is 0 Å². The summed E-state index contributed by atoms with van der Waals surface area (Å²) in [6.07, 6.45) is 3.33. The zero-order valence-electron chi connectivity index (χ0n) is 18.1. The Balaban J connectivity index is 1.40. The summed E-state index contributed by atoms with van der Waals surface area (Å²) in [4.78, 5) is 25.8. The Bertz CT molecular complexity index is 1530. The minimum absolute atomic E-state index is 0.0502. The van der Waals surface area contributed by atoms with Gasteiger partial charge in [0.25, 0.3) is 5.91 Å². The van der Waals surface area contributed by atoms with E-state index >= 15 is 0 Å². The second kappa shape index (κ2) is 9.33. The van der Waals surface area contributed by atoms with Crippen LogP contribution in [0.3, 0.4) is 0 Å².